The van der Waals surface area contributed by atoms with Gasteiger partial charge in [-0.05, 0) is 0 Å². The molecular weight excluding hydrogens is 252 g/mol. The molecule has 0 amide bonds. The third-order valence-corrected chi connectivity index (χ3v) is 6.77. The van der Waals surface area contributed by atoms with E-state index >= 15 is 0 Å². The van der Waals surface area contributed by atoms with E-state index < -0.39 is 6.72 Å². The van der Waals surface area contributed by atoms with Crippen molar-refractivity contribution in [2.24, 2.45) is 0 Å². The van der Waals surface area contributed by atoms with Gasteiger partial charge < -0.3 is 4.52 Å². The van der Waals surface area contributed by atoms with E-state index in [0.29, 0.717) is 31.5 Å². The highest BCUT2D eigenvalue weighted by Crippen LogP contribution is 2.65. The molecule has 0 radical (unpaired) electrons. The van der Waals surface area contributed by atoms with Crippen LogP contribution >= 0.6 is 41.3 Å². The minimum atomic E-state index is -2.63. The maximum Gasteiger partial charge on any atom is 0.329 e. The number of halogens is 2. The van der Waals surface area contributed by atoms with Crippen molar-refractivity contribution in [3.8, 4) is 0 Å². The smallest absolute Gasteiger partial charge is 0.309 e. The number of hydrogen-bond acceptors (Lipinski definition) is 3. The highest BCUT2D eigenvalue weighted by Gasteiger charge is 2.35. The lowest BCUT2D eigenvalue weighted by atomic mass is 10.7. The Labute approximate surface area is 92.3 Å². The van der Waals surface area contributed by atoms with Gasteiger partial charge >= 0.3 is 6.72 Å². The van der Waals surface area contributed by atoms with Gasteiger partial charge in [-0.25, -0.2) is 4.67 Å². The van der Waals surface area contributed by atoms with Crippen LogP contribution in [-0.4, -0.2) is 41.9 Å². The second-order valence-corrected chi connectivity index (χ2v) is 7.81. The van der Waals surface area contributed by atoms with Gasteiger partial charge in [0.2, 0.25) is 0 Å². The molecular formula is C6H12Cl2NO2PS. The molecule has 1 unspecified atom stereocenters. The van der Waals surface area contributed by atoms with E-state index in [-0.39, 0.29) is 0 Å². The van der Waals surface area contributed by atoms with E-state index in [1.807, 2.05) is 0 Å². The molecule has 78 valence electrons. The summed E-state index contributed by atoms with van der Waals surface area (Å²) >= 11 is 12.6. The van der Waals surface area contributed by atoms with Crippen LogP contribution in [0.5, 0.6) is 0 Å². The number of nitrogens with zero attached hydrogens (tertiary/aromatic N) is 1. The Balaban J connectivity index is 2.56. The molecule has 7 heteroatoms. The summed E-state index contributed by atoms with van der Waals surface area (Å²) in [5.41, 5.74) is 0. The van der Waals surface area contributed by atoms with Gasteiger partial charge in [-0.15, -0.1) is 23.2 Å². The van der Waals surface area contributed by atoms with Gasteiger partial charge in [0.25, 0.3) is 0 Å². The summed E-state index contributed by atoms with van der Waals surface area (Å²) in [4.78, 5) is 0. The maximum absolute atomic E-state index is 12.0. The molecule has 1 rings (SSSR count). The largest absolute Gasteiger partial charge is 0.329 e. The Morgan fingerprint density at radius 3 is 2.38 bits per heavy atom. The Morgan fingerprint density at radius 2 is 2.00 bits per heavy atom. The zero-order chi connectivity index (χ0) is 9.73. The predicted octanol–water partition coefficient (Wildman–Crippen LogP) is 2.64. The normalized spacial score (nSPS) is 28.5. The molecule has 1 fully saturated rings. The summed E-state index contributed by atoms with van der Waals surface area (Å²) in [6.07, 6.45) is 0. The molecule has 0 spiro atoms. The first-order valence-electron chi connectivity index (χ1n) is 3.99. The third kappa shape index (κ3) is 3.29. The van der Waals surface area contributed by atoms with Crippen molar-refractivity contribution in [1.82, 2.24) is 4.67 Å². The van der Waals surface area contributed by atoms with Crippen molar-refractivity contribution in [3.63, 3.8) is 0 Å². The molecule has 0 saturated carbocycles. The number of alkyl halides is 2. The Bertz CT molecular complexity index is 191. The Hall–Kier alpha value is 1.08. The zero-order valence-electron chi connectivity index (χ0n) is 7.12. The van der Waals surface area contributed by atoms with Gasteiger partial charge in [0.05, 0.1) is 6.61 Å². The molecule has 0 N–H and O–H groups in total. The molecule has 0 aliphatic carbocycles. The Kier molecular flexibility index (Phi) is 5.46. The quantitative estimate of drug-likeness (QED) is 0.564. The fourth-order valence-corrected chi connectivity index (χ4v) is 5.97. The van der Waals surface area contributed by atoms with Gasteiger partial charge in [0.15, 0.2) is 0 Å². The molecule has 0 bridgehead atoms. The molecule has 3 nitrogen and oxygen atoms in total. The van der Waals surface area contributed by atoms with Crippen LogP contribution in [0.1, 0.15) is 0 Å². The van der Waals surface area contributed by atoms with Gasteiger partial charge in [-0.2, -0.15) is 0 Å². The van der Waals surface area contributed by atoms with E-state index in [4.69, 9.17) is 27.7 Å². The van der Waals surface area contributed by atoms with Crippen LogP contribution in [0, 0.1) is 0 Å². The summed E-state index contributed by atoms with van der Waals surface area (Å²) < 4.78 is 19.0. The average molecular weight is 264 g/mol. The molecule has 0 aromatic carbocycles. The maximum atomic E-state index is 12.0. The van der Waals surface area contributed by atoms with Crippen molar-refractivity contribution < 1.29 is 9.09 Å². The summed E-state index contributed by atoms with van der Waals surface area (Å²) in [7, 11) is 0. The Morgan fingerprint density at radius 1 is 1.38 bits per heavy atom. The van der Waals surface area contributed by atoms with E-state index in [9.17, 15) is 4.57 Å². The first kappa shape index (κ1) is 12.2. The van der Waals surface area contributed by atoms with Crippen LogP contribution in [0.4, 0.5) is 0 Å². The minimum Gasteiger partial charge on any atom is -0.309 e. The molecule has 1 heterocycles. The van der Waals surface area contributed by atoms with Crippen LogP contribution in [0.3, 0.4) is 0 Å². The van der Waals surface area contributed by atoms with Gasteiger partial charge in [-0.1, -0.05) is 11.4 Å². The van der Waals surface area contributed by atoms with Crippen LogP contribution in [0.25, 0.3) is 0 Å². The third-order valence-electron chi connectivity index (χ3n) is 1.62. The van der Waals surface area contributed by atoms with Crippen molar-refractivity contribution in [2.75, 3.05) is 37.2 Å². The number of hydrogen-bond donors (Lipinski definition) is 0. The van der Waals surface area contributed by atoms with Gasteiger partial charge in [0.1, 0.15) is 0 Å². The zero-order valence-corrected chi connectivity index (χ0v) is 10.3. The monoisotopic (exact) mass is 263 g/mol. The topological polar surface area (TPSA) is 29.5 Å². The summed E-state index contributed by atoms with van der Waals surface area (Å²) in [6.45, 7) is -0.938. The van der Waals surface area contributed by atoms with E-state index in [1.54, 1.807) is 4.67 Å². The fraction of sp³-hybridized carbons (Fsp3) is 1.00. The second-order valence-electron chi connectivity index (χ2n) is 2.47. The summed E-state index contributed by atoms with van der Waals surface area (Å²) in [6, 6.07) is 0. The molecule has 1 saturated heterocycles. The van der Waals surface area contributed by atoms with Gasteiger partial charge in [-0.3, -0.25) is 4.57 Å². The first-order chi connectivity index (χ1) is 6.23. The SMILES string of the molecule is O=P1(N(CCCl)CCCl)OCCS1. The van der Waals surface area contributed by atoms with Crippen molar-refractivity contribution in [3.05, 3.63) is 0 Å². The van der Waals surface area contributed by atoms with Crippen molar-refractivity contribution in [1.29, 1.82) is 0 Å². The number of rotatable bonds is 5. The predicted molar refractivity (Wildman–Crippen MR) is 59.0 cm³/mol. The highest BCUT2D eigenvalue weighted by atomic mass is 35.5. The second kappa shape index (κ2) is 5.84. The van der Waals surface area contributed by atoms with Crippen molar-refractivity contribution in [2.45, 2.75) is 0 Å². The van der Waals surface area contributed by atoms with Crippen LogP contribution in [0.2, 0.25) is 0 Å². The standard InChI is InChI=1S/C6H12Cl2NO2PS/c7-1-3-9(4-2-8)12(10)11-5-6-13-12/h1-6H2. The average Bonchev–Trinajstić information content (AvgIpc) is 2.53. The molecule has 13 heavy (non-hydrogen) atoms. The highest BCUT2D eigenvalue weighted by molar-refractivity contribution is 8.56. The van der Waals surface area contributed by atoms with Crippen molar-refractivity contribution >= 4 is 41.3 Å². The lowest BCUT2D eigenvalue weighted by molar-refractivity contribution is 0.305. The summed E-state index contributed by atoms with van der Waals surface area (Å²) in [5.74, 6) is 1.69. The first-order valence-corrected chi connectivity index (χ1v) is 8.23. The van der Waals surface area contributed by atoms with Crippen LogP contribution < -0.4 is 0 Å². The fourth-order valence-electron chi connectivity index (χ4n) is 1.06. The lowest BCUT2D eigenvalue weighted by Crippen LogP contribution is -2.23. The van der Waals surface area contributed by atoms with E-state index in [0.717, 1.165) is 5.75 Å². The van der Waals surface area contributed by atoms with E-state index in [1.165, 1.54) is 11.4 Å². The van der Waals surface area contributed by atoms with Crippen LogP contribution in [0.15, 0.2) is 0 Å². The summed E-state index contributed by atoms with van der Waals surface area (Å²) in [5, 5.41) is 0. The molecule has 1 aliphatic heterocycles. The molecule has 0 aromatic heterocycles. The van der Waals surface area contributed by atoms with E-state index in [2.05, 4.69) is 0 Å². The van der Waals surface area contributed by atoms with Crippen LogP contribution in [-0.2, 0) is 9.09 Å². The molecule has 1 atom stereocenters. The molecule has 1 aliphatic rings. The molecule has 0 aromatic rings. The van der Waals surface area contributed by atoms with Gasteiger partial charge in [0, 0.05) is 30.6 Å². The minimum absolute atomic E-state index is 0.449. The lowest BCUT2D eigenvalue weighted by Gasteiger charge is -2.24.